The number of piperidine rings is 1. The Morgan fingerprint density at radius 3 is 2.60 bits per heavy atom. The number of hydrogen-bond acceptors (Lipinski definition) is 5. The van der Waals surface area contributed by atoms with Gasteiger partial charge in [0.25, 0.3) is 0 Å². The average molecular weight is 477 g/mol. The maximum atomic E-state index is 12.5. The lowest BCUT2D eigenvalue weighted by atomic mass is 9.89. The molecule has 2 aliphatic rings. The molecule has 0 unspecified atom stereocenters. The van der Waals surface area contributed by atoms with E-state index in [1.165, 1.54) is 24.8 Å². The lowest BCUT2D eigenvalue weighted by Crippen LogP contribution is -2.46. The highest BCUT2D eigenvalue weighted by molar-refractivity contribution is 5.94. The number of anilines is 1. The van der Waals surface area contributed by atoms with E-state index in [1.54, 1.807) is 17.9 Å². The Balaban J connectivity index is 1.62. The van der Waals surface area contributed by atoms with Crippen LogP contribution in [0.15, 0.2) is 49.2 Å². The van der Waals surface area contributed by atoms with E-state index in [0.717, 1.165) is 42.1 Å². The normalized spacial score (nSPS) is 20.3. The van der Waals surface area contributed by atoms with Gasteiger partial charge in [-0.2, -0.15) is 0 Å². The molecule has 2 atom stereocenters. The number of hydrogen-bond donors (Lipinski definition) is 1. The van der Waals surface area contributed by atoms with Crippen molar-refractivity contribution < 1.29 is 14.3 Å². The van der Waals surface area contributed by atoms with Crippen LogP contribution < -0.4 is 10.2 Å². The van der Waals surface area contributed by atoms with Crippen molar-refractivity contribution in [2.45, 2.75) is 71.2 Å². The summed E-state index contributed by atoms with van der Waals surface area (Å²) in [4.78, 5) is 33.9. The van der Waals surface area contributed by atoms with Gasteiger partial charge in [0.2, 0.25) is 5.91 Å². The van der Waals surface area contributed by atoms with Crippen molar-refractivity contribution in [3.8, 4) is 11.3 Å². The number of nitrogens with zero attached hydrogens (tertiary/aromatic N) is 3. The Hall–Kier alpha value is -3.19. The summed E-state index contributed by atoms with van der Waals surface area (Å²) in [5.41, 5.74) is 4.66. The highest BCUT2D eigenvalue weighted by atomic mass is 16.6. The first kappa shape index (κ1) is 24.9. The zero-order valence-corrected chi connectivity index (χ0v) is 21.0. The smallest absolute Gasteiger partial charge is 0.407 e. The Morgan fingerprint density at radius 1 is 1.20 bits per heavy atom. The van der Waals surface area contributed by atoms with E-state index in [1.807, 2.05) is 38.2 Å². The second kappa shape index (κ2) is 11.0. The summed E-state index contributed by atoms with van der Waals surface area (Å²) in [6.45, 7) is 12.3. The number of carbonyl (C=O) groups excluding carboxylic acids is 2. The number of rotatable bonds is 6. The molecule has 3 heterocycles. The van der Waals surface area contributed by atoms with Gasteiger partial charge in [0.15, 0.2) is 0 Å². The SMILES string of the molecule is C=C[C@@H]1C[C@H](NC(=O)OC(C)C)c2cc(-c3ccc(CN4CCCCC4)cn3)ccc2N1C(C)=O. The summed E-state index contributed by atoms with van der Waals surface area (Å²) in [5.74, 6) is -0.0627. The first-order valence-corrected chi connectivity index (χ1v) is 12.6. The molecule has 0 bridgehead atoms. The van der Waals surface area contributed by atoms with E-state index in [0.29, 0.717) is 6.42 Å². The molecule has 7 heteroatoms. The van der Waals surface area contributed by atoms with Crippen LogP contribution >= 0.6 is 0 Å². The molecular weight excluding hydrogens is 440 g/mol. The highest BCUT2D eigenvalue weighted by Crippen LogP contribution is 2.40. The van der Waals surface area contributed by atoms with Crippen LogP contribution in [0.4, 0.5) is 10.5 Å². The third-order valence-corrected chi connectivity index (χ3v) is 6.69. The second-order valence-corrected chi connectivity index (χ2v) is 9.74. The Bertz CT molecular complexity index is 1060. The Morgan fingerprint density at radius 2 is 1.97 bits per heavy atom. The van der Waals surface area contributed by atoms with Crippen molar-refractivity contribution in [3.63, 3.8) is 0 Å². The van der Waals surface area contributed by atoms with E-state index in [-0.39, 0.29) is 24.1 Å². The van der Waals surface area contributed by atoms with Crippen LogP contribution in [0.1, 0.15) is 63.6 Å². The van der Waals surface area contributed by atoms with E-state index in [2.05, 4.69) is 28.9 Å². The fourth-order valence-electron chi connectivity index (χ4n) is 5.06. The minimum absolute atomic E-state index is 0.0627. The van der Waals surface area contributed by atoms with Crippen LogP contribution in [0.3, 0.4) is 0 Å². The van der Waals surface area contributed by atoms with Crippen molar-refractivity contribution in [3.05, 3.63) is 60.3 Å². The van der Waals surface area contributed by atoms with Crippen molar-refractivity contribution in [2.24, 2.45) is 0 Å². The first-order valence-electron chi connectivity index (χ1n) is 12.6. The summed E-state index contributed by atoms with van der Waals surface area (Å²) in [6.07, 6.45) is 7.40. The van der Waals surface area contributed by atoms with Crippen LogP contribution in [0.2, 0.25) is 0 Å². The topological polar surface area (TPSA) is 74.8 Å². The van der Waals surface area contributed by atoms with E-state index in [4.69, 9.17) is 9.72 Å². The lowest BCUT2D eigenvalue weighted by molar-refractivity contribution is -0.117. The molecule has 1 aromatic carbocycles. The maximum Gasteiger partial charge on any atom is 0.407 e. The van der Waals surface area contributed by atoms with Crippen molar-refractivity contribution in [1.82, 2.24) is 15.2 Å². The number of benzene rings is 1. The second-order valence-electron chi connectivity index (χ2n) is 9.74. The molecule has 0 saturated carbocycles. The molecule has 1 saturated heterocycles. The quantitative estimate of drug-likeness (QED) is 0.579. The number of alkyl carbamates (subject to hydrolysis) is 1. The number of carbonyl (C=O) groups is 2. The van der Waals surface area contributed by atoms with E-state index >= 15 is 0 Å². The van der Waals surface area contributed by atoms with Crippen molar-refractivity contribution >= 4 is 17.7 Å². The molecular formula is C28H36N4O3. The van der Waals surface area contributed by atoms with E-state index < -0.39 is 6.09 Å². The van der Waals surface area contributed by atoms with Gasteiger partial charge in [0.05, 0.1) is 23.9 Å². The number of fused-ring (bicyclic) bond motifs is 1. The molecule has 0 radical (unpaired) electrons. The molecule has 35 heavy (non-hydrogen) atoms. The van der Waals surface area contributed by atoms with Gasteiger partial charge >= 0.3 is 6.09 Å². The summed E-state index contributed by atoms with van der Waals surface area (Å²) in [6, 6.07) is 9.60. The molecule has 7 nitrogen and oxygen atoms in total. The van der Waals surface area contributed by atoms with Crippen LogP contribution in [0.5, 0.6) is 0 Å². The number of aromatic nitrogens is 1. The Labute approximate surface area is 208 Å². The molecule has 4 rings (SSSR count). The molecule has 1 N–H and O–H groups in total. The summed E-state index contributed by atoms with van der Waals surface area (Å²) in [5, 5.41) is 2.99. The molecule has 2 amide bonds. The minimum atomic E-state index is -0.472. The number of ether oxygens (including phenoxy) is 1. The zero-order valence-electron chi connectivity index (χ0n) is 21.0. The minimum Gasteiger partial charge on any atom is -0.447 e. The van der Waals surface area contributed by atoms with Gasteiger partial charge in [0, 0.05) is 30.9 Å². The zero-order chi connectivity index (χ0) is 24.9. The third-order valence-electron chi connectivity index (χ3n) is 6.69. The molecule has 186 valence electrons. The molecule has 2 aromatic rings. The maximum absolute atomic E-state index is 12.5. The molecule has 0 spiro atoms. The summed E-state index contributed by atoms with van der Waals surface area (Å²) in [7, 11) is 0. The van der Waals surface area contributed by atoms with Gasteiger partial charge in [-0.25, -0.2) is 4.79 Å². The Kier molecular flexibility index (Phi) is 7.86. The third kappa shape index (κ3) is 5.90. The lowest BCUT2D eigenvalue weighted by Gasteiger charge is -2.39. The van der Waals surface area contributed by atoms with Crippen LogP contribution in [0.25, 0.3) is 11.3 Å². The molecule has 1 fully saturated rings. The predicted molar refractivity (Wildman–Crippen MR) is 138 cm³/mol. The van der Waals surface area contributed by atoms with Gasteiger partial charge in [0.1, 0.15) is 0 Å². The fourth-order valence-corrected chi connectivity index (χ4v) is 5.06. The van der Waals surface area contributed by atoms with Crippen LogP contribution in [0, 0.1) is 0 Å². The van der Waals surface area contributed by atoms with Gasteiger partial charge in [-0.3, -0.25) is 14.7 Å². The molecule has 1 aromatic heterocycles. The van der Waals surface area contributed by atoms with E-state index in [9.17, 15) is 9.59 Å². The highest BCUT2D eigenvalue weighted by Gasteiger charge is 2.34. The number of nitrogens with one attached hydrogen (secondary N) is 1. The standard InChI is InChI=1S/C28H36N4O3/c1-5-23-16-26(30-28(34)35-19(2)3)24-15-22(10-12-27(24)32(23)20(4)33)25-11-9-21(17-29-25)18-31-13-7-6-8-14-31/h5,9-12,15,17,19,23,26H,1,6-8,13-14,16,18H2,2-4H3,(H,30,34)/t23-,26+/m1/s1. The average Bonchev–Trinajstić information content (AvgIpc) is 2.84. The number of pyridine rings is 1. The monoisotopic (exact) mass is 476 g/mol. The van der Waals surface area contributed by atoms with Crippen molar-refractivity contribution in [1.29, 1.82) is 0 Å². The van der Waals surface area contributed by atoms with Crippen LogP contribution in [-0.2, 0) is 16.1 Å². The molecule has 0 aliphatic carbocycles. The largest absolute Gasteiger partial charge is 0.447 e. The number of likely N-dealkylation sites (tertiary alicyclic amines) is 1. The van der Waals surface area contributed by atoms with Crippen LogP contribution in [-0.4, -0.2) is 47.1 Å². The van der Waals surface area contributed by atoms with Gasteiger partial charge in [-0.1, -0.05) is 24.6 Å². The summed E-state index contributed by atoms with van der Waals surface area (Å²) >= 11 is 0. The summed E-state index contributed by atoms with van der Waals surface area (Å²) < 4.78 is 5.33. The van der Waals surface area contributed by atoms with Gasteiger partial charge in [-0.15, -0.1) is 6.58 Å². The molecule has 2 aliphatic heterocycles. The first-order chi connectivity index (χ1) is 16.9. The number of amides is 2. The van der Waals surface area contributed by atoms with Gasteiger partial charge in [-0.05, 0) is 75.5 Å². The predicted octanol–water partition coefficient (Wildman–Crippen LogP) is 5.22. The van der Waals surface area contributed by atoms with Crippen molar-refractivity contribution in [2.75, 3.05) is 18.0 Å². The van der Waals surface area contributed by atoms with Gasteiger partial charge < -0.3 is 15.0 Å². The fraction of sp³-hybridized carbons (Fsp3) is 0.464.